The summed E-state index contributed by atoms with van der Waals surface area (Å²) in [6, 6.07) is 12.7. The van der Waals surface area contributed by atoms with Crippen LogP contribution in [0.1, 0.15) is 5.56 Å². The van der Waals surface area contributed by atoms with Gasteiger partial charge in [-0.1, -0.05) is 23.8 Å². The Bertz CT molecular complexity index is 529. The van der Waals surface area contributed by atoms with Gasteiger partial charge in [-0.15, -0.1) is 0 Å². The molecule has 19 heavy (non-hydrogen) atoms. The summed E-state index contributed by atoms with van der Waals surface area (Å²) in [6.07, 6.45) is 3.56. The first-order chi connectivity index (χ1) is 8.66. The molecule has 1 N–H and O–H groups in total. The van der Waals surface area contributed by atoms with E-state index in [-0.39, 0.29) is 24.9 Å². The number of pyridine rings is 1. The van der Waals surface area contributed by atoms with E-state index < -0.39 is 0 Å². The van der Waals surface area contributed by atoms with E-state index in [1.54, 1.807) is 29.1 Å². The van der Waals surface area contributed by atoms with Gasteiger partial charge in [0.1, 0.15) is 0 Å². The van der Waals surface area contributed by atoms with Crippen molar-refractivity contribution >= 4 is 11.6 Å². The Kier molecular flexibility index (Phi) is 5.48. The quantitative estimate of drug-likeness (QED) is 0.431. The number of carbonyl (C=O) groups is 1. The van der Waals surface area contributed by atoms with Gasteiger partial charge in [-0.3, -0.25) is 10.0 Å². The van der Waals surface area contributed by atoms with Gasteiger partial charge in [-0.25, -0.2) is 0 Å². The lowest BCUT2D eigenvalue weighted by Gasteiger charge is -2.13. The molecule has 0 atom stereocenters. The Labute approximate surface area is 118 Å². The number of rotatable bonds is 3. The van der Waals surface area contributed by atoms with Crippen LogP contribution >= 0.6 is 0 Å². The van der Waals surface area contributed by atoms with Crippen molar-refractivity contribution in [2.24, 2.45) is 0 Å². The molecule has 1 aromatic carbocycles. The minimum atomic E-state index is -0.380. The molecule has 0 aliphatic rings. The molecule has 4 nitrogen and oxygen atoms in total. The maximum atomic E-state index is 11.9. The molecule has 100 valence electrons. The number of anilines is 1. The number of halogens is 1. The normalized spacial score (nSPS) is 9.58. The molecule has 1 heterocycles. The van der Waals surface area contributed by atoms with Gasteiger partial charge in [0.15, 0.2) is 12.4 Å². The second-order valence-corrected chi connectivity index (χ2v) is 4.09. The third kappa shape index (κ3) is 4.05. The van der Waals surface area contributed by atoms with Crippen LogP contribution < -0.4 is 22.0 Å². The Morgan fingerprint density at radius 3 is 2.32 bits per heavy atom. The SMILES string of the molecule is Cc1ccc(N(O)C(=O)C[n+]2ccccc2)cc1.[Cl-]. The minimum Gasteiger partial charge on any atom is -1.00 e. The lowest BCUT2D eigenvalue weighted by molar-refractivity contribution is -0.684. The standard InChI is InChI=1S/C14H15N2O2.ClH/c1-12-5-7-13(8-6-12)16(18)14(17)11-15-9-3-2-4-10-15;/h2-10,18H,11H2,1H3;1H/q+1;/p-1. The van der Waals surface area contributed by atoms with Crippen molar-refractivity contribution in [3.8, 4) is 0 Å². The summed E-state index contributed by atoms with van der Waals surface area (Å²) in [7, 11) is 0. The van der Waals surface area contributed by atoms with Crippen molar-refractivity contribution < 1.29 is 27.0 Å². The fourth-order valence-corrected chi connectivity index (χ4v) is 1.59. The van der Waals surface area contributed by atoms with Crippen LogP contribution in [0.2, 0.25) is 0 Å². The number of aromatic nitrogens is 1. The Balaban J connectivity index is 0.00000180. The molecule has 1 aromatic heterocycles. The Morgan fingerprint density at radius 1 is 1.16 bits per heavy atom. The summed E-state index contributed by atoms with van der Waals surface area (Å²) >= 11 is 0. The number of carbonyl (C=O) groups excluding carboxylic acids is 1. The highest BCUT2D eigenvalue weighted by Gasteiger charge is 2.17. The van der Waals surface area contributed by atoms with Gasteiger partial charge < -0.3 is 12.4 Å². The van der Waals surface area contributed by atoms with Gasteiger partial charge in [0, 0.05) is 12.1 Å². The zero-order valence-corrected chi connectivity index (χ0v) is 11.3. The third-order valence-corrected chi connectivity index (χ3v) is 2.61. The number of hydroxylamine groups is 1. The topological polar surface area (TPSA) is 44.4 Å². The van der Waals surface area contributed by atoms with E-state index in [0.29, 0.717) is 10.8 Å². The Morgan fingerprint density at radius 2 is 1.74 bits per heavy atom. The number of nitrogens with zero attached hydrogens (tertiary/aromatic N) is 2. The van der Waals surface area contributed by atoms with E-state index in [0.717, 1.165) is 5.56 Å². The van der Waals surface area contributed by atoms with E-state index in [4.69, 9.17) is 0 Å². The molecule has 0 saturated carbocycles. The van der Waals surface area contributed by atoms with Gasteiger partial charge >= 0.3 is 5.91 Å². The van der Waals surface area contributed by atoms with E-state index in [1.165, 1.54) is 0 Å². The number of aryl methyl sites for hydroxylation is 1. The lowest BCUT2D eigenvalue weighted by atomic mass is 10.2. The fourth-order valence-electron chi connectivity index (χ4n) is 1.59. The first-order valence-electron chi connectivity index (χ1n) is 5.69. The van der Waals surface area contributed by atoms with E-state index >= 15 is 0 Å². The largest absolute Gasteiger partial charge is 1.00 e. The average molecular weight is 279 g/mol. The van der Waals surface area contributed by atoms with Gasteiger partial charge in [0.2, 0.25) is 6.54 Å². The van der Waals surface area contributed by atoms with Crippen molar-refractivity contribution in [1.82, 2.24) is 0 Å². The van der Waals surface area contributed by atoms with Crippen LogP contribution in [0.5, 0.6) is 0 Å². The minimum absolute atomic E-state index is 0. The lowest BCUT2D eigenvalue weighted by Crippen LogP contribution is -3.00. The predicted molar refractivity (Wildman–Crippen MR) is 67.1 cm³/mol. The summed E-state index contributed by atoms with van der Waals surface area (Å²) in [6.45, 7) is 2.05. The van der Waals surface area contributed by atoms with E-state index in [2.05, 4.69) is 0 Å². The molecule has 0 aliphatic carbocycles. The van der Waals surface area contributed by atoms with Crippen LogP contribution in [0, 0.1) is 6.92 Å². The number of hydrogen-bond donors (Lipinski definition) is 1. The van der Waals surface area contributed by atoms with Crippen molar-refractivity contribution in [2.45, 2.75) is 13.5 Å². The molecule has 1 amide bonds. The molecule has 0 saturated heterocycles. The van der Waals surface area contributed by atoms with Crippen molar-refractivity contribution in [3.63, 3.8) is 0 Å². The average Bonchev–Trinajstić information content (AvgIpc) is 2.40. The molecule has 0 spiro atoms. The maximum Gasteiger partial charge on any atom is 0.316 e. The van der Waals surface area contributed by atoms with Gasteiger partial charge in [0.25, 0.3) is 0 Å². The molecule has 2 rings (SSSR count). The Hall–Kier alpha value is -1.91. The maximum absolute atomic E-state index is 11.9. The fraction of sp³-hybridized carbons (Fsp3) is 0.143. The van der Waals surface area contributed by atoms with Gasteiger partial charge in [0.05, 0.1) is 5.69 Å². The predicted octanol–water partition coefficient (Wildman–Crippen LogP) is -1.29. The highest BCUT2D eigenvalue weighted by molar-refractivity contribution is 5.89. The number of amides is 1. The number of benzene rings is 1. The van der Waals surface area contributed by atoms with E-state index in [9.17, 15) is 10.0 Å². The summed E-state index contributed by atoms with van der Waals surface area (Å²) in [5, 5.41) is 10.5. The smallest absolute Gasteiger partial charge is 0.316 e. The van der Waals surface area contributed by atoms with Crippen LogP contribution in [0.3, 0.4) is 0 Å². The highest BCUT2D eigenvalue weighted by Crippen LogP contribution is 2.13. The highest BCUT2D eigenvalue weighted by atomic mass is 35.5. The molecule has 0 radical (unpaired) electrons. The van der Waals surface area contributed by atoms with Gasteiger partial charge in [-0.05, 0) is 19.1 Å². The molecule has 0 aliphatic heterocycles. The molecule has 2 aromatic rings. The molecule has 0 bridgehead atoms. The molecule has 5 heteroatoms. The first-order valence-corrected chi connectivity index (χ1v) is 5.69. The van der Waals surface area contributed by atoms with Crippen LogP contribution in [0.15, 0.2) is 54.9 Å². The van der Waals surface area contributed by atoms with Crippen molar-refractivity contribution in [3.05, 3.63) is 60.4 Å². The van der Waals surface area contributed by atoms with E-state index in [1.807, 2.05) is 37.3 Å². The summed E-state index contributed by atoms with van der Waals surface area (Å²) in [5.41, 5.74) is 1.55. The van der Waals surface area contributed by atoms with Crippen LogP contribution in [0.25, 0.3) is 0 Å². The van der Waals surface area contributed by atoms with Gasteiger partial charge in [-0.2, -0.15) is 9.63 Å². The second kappa shape index (κ2) is 6.87. The summed E-state index contributed by atoms with van der Waals surface area (Å²) in [4.78, 5) is 11.9. The summed E-state index contributed by atoms with van der Waals surface area (Å²) < 4.78 is 1.71. The monoisotopic (exact) mass is 278 g/mol. The van der Waals surface area contributed by atoms with Crippen LogP contribution in [-0.4, -0.2) is 11.1 Å². The van der Waals surface area contributed by atoms with Crippen LogP contribution in [-0.2, 0) is 11.3 Å². The zero-order chi connectivity index (χ0) is 13.0. The third-order valence-electron chi connectivity index (χ3n) is 2.61. The van der Waals surface area contributed by atoms with Crippen molar-refractivity contribution in [1.29, 1.82) is 0 Å². The second-order valence-electron chi connectivity index (χ2n) is 4.09. The van der Waals surface area contributed by atoms with Crippen LogP contribution in [0.4, 0.5) is 5.69 Å². The summed E-state index contributed by atoms with van der Waals surface area (Å²) in [5.74, 6) is -0.380. The molecular weight excluding hydrogens is 264 g/mol. The zero-order valence-electron chi connectivity index (χ0n) is 10.5. The first kappa shape index (κ1) is 15.1. The number of hydrogen-bond acceptors (Lipinski definition) is 2. The molecule has 0 fully saturated rings. The molecule has 0 unspecified atom stereocenters. The van der Waals surface area contributed by atoms with Crippen molar-refractivity contribution in [2.75, 3.05) is 5.06 Å². The molecular formula is C14H15ClN2O2.